The van der Waals surface area contributed by atoms with Crippen LogP contribution >= 0.6 is 23.1 Å². The molecule has 0 aliphatic carbocycles. The van der Waals surface area contributed by atoms with Gasteiger partial charge in [-0.15, -0.1) is 11.3 Å². The van der Waals surface area contributed by atoms with Crippen molar-refractivity contribution in [3.05, 3.63) is 11.1 Å². The molecule has 0 saturated carbocycles. The first-order chi connectivity index (χ1) is 7.85. The van der Waals surface area contributed by atoms with E-state index in [0.717, 1.165) is 10.0 Å². The number of rotatable bonds is 5. The molecule has 0 aliphatic heterocycles. The summed E-state index contributed by atoms with van der Waals surface area (Å²) in [5.74, 6) is -0.375. The van der Waals surface area contributed by atoms with Crippen LogP contribution in [-0.4, -0.2) is 28.9 Å². The largest absolute Gasteiger partial charge is 0.468 e. The summed E-state index contributed by atoms with van der Waals surface area (Å²) < 4.78 is 5.69. The van der Waals surface area contributed by atoms with Gasteiger partial charge in [0.15, 0.2) is 0 Å². The van der Waals surface area contributed by atoms with Crippen LogP contribution in [0.3, 0.4) is 0 Å². The standard InChI is InChI=1S/C11H18N2O2S2/c1-7-6-16-10(13-7)17-8(2)5-11(3,12)9(14)15-4/h6,8H,5,12H2,1-4H3. The second kappa shape index (κ2) is 5.84. The fraction of sp³-hybridized carbons (Fsp3) is 0.636. The average molecular weight is 274 g/mol. The van der Waals surface area contributed by atoms with Crippen LogP contribution < -0.4 is 5.73 Å². The monoisotopic (exact) mass is 274 g/mol. The zero-order valence-corrected chi connectivity index (χ0v) is 12.2. The van der Waals surface area contributed by atoms with E-state index in [0.29, 0.717) is 6.42 Å². The van der Waals surface area contributed by atoms with Gasteiger partial charge >= 0.3 is 5.97 Å². The molecule has 0 aliphatic rings. The fourth-order valence-electron chi connectivity index (χ4n) is 1.51. The molecule has 0 saturated heterocycles. The molecule has 4 nitrogen and oxygen atoms in total. The molecule has 0 spiro atoms. The summed E-state index contributed by atoms with van der Waals surface area (Å²) in [5.41, 5.74) is 6.01. The van der Waals surface area contributed by atoms with Crippen LogP contribution in [0.15, 0.2) is 9.72 Å². The number of hydrogen-bond acceptors (Lipinski definition) is 6. The fourth-order valence-corrected chi connectivity index (χ4v) is 3.86. The Morgan fingerprint density at radius 2 is 2.41 bits per heavy atom. The van der Waals surface area contributed by atoms with Crippen LogP contribution in [0.5, 0.6) is 0 Å². The quantitative estimate of drug-likeness (QED) is 0.659. The highest BCUT2D eigenvalue weighted by Crippen LogP contribution is 2.30. The minimum absolute atomic E-state index is 0.217. The van der Waals surface area contributed by atoms with Crippen molar-refractivity contribution in [3.8, 4) is 0 Å². The van der Waals surface area contributed by atoms with E-state index < -0.39 is 5.54 Å². The van der Waals surface area contributed by atoms with Crippen LogP contribution in [0, 0.1) is 6.92 Å². The summed E-state index contributed by atoms with van der Waals surface area (Å²) in [4.78, 5) is 15.8. The third-order valence-corrected chi connectivity index (χ3v) is 4.45. The average Bonchev–Trinajstić information content (AvgIpc) is 2.61. The van der Waals surface area contributed by atoms with Crippen molar-refractivity contribution >= 4 is 29.1 Å². The van der Waals surface area contributed by atoms with Gasteiger partial charge in [0.25, 0.3) is 0 Å². The van der Waals surface area contributed by atoms with E-state index in [1.807, 2.05) is 19.2 Å². The molecule has 0 aromatic carbocycles. The van der Waals surface area contributed by atoms with Crippen molar-refractivity contribution in [2.75, 3.05) is 7.11 Å². The molecule has 0 radical (unpaired) electrons. The predicted molar refractivity (Wildman–Crippen MR) is 71.4 cm³/mol. The number of aryl methyl sites for hydroxylation is 1. The number of aromatic nitrogens is 1. The van der Waals surface area contributed by atoms with E-state index in [1.54, 1.807) is 30.0 Å². The molecule has 0 amide bonds. The Kier molecular flexibility index (Phi) is 4.97. The molecular weight excluding hydrogens is 256 g/mol. The Hall–Kier alpha value is -0.590. The van der Waals surface area contributed by atoms with Crippen LogP contribution in [-0.2, 0) is 9.53 Å². The SMILES string of the molecule is COC(=O)C(C)(N)CC(C)Sc1nc(C)cs1. The van der Waals surface area contributed by atoms with E-state index in [2.05, 4.69) is 9.72 Å². The molecule has 2 unspecified atom stereocenters. The molecule has 1 rings (SSSR count). The summed E-state index contributed by atoms with van der Waals surface area (Å²) in [6.07, 6.45) is 0.558. The number of hydrogen-bond donors (Lipinski definition) is 1. The number of esters is 1. The van der Waals surface area contributed by atoms with Crippen LogP contribution in [0.4, 0.5) is 0 Å². The zero-order chi connectivity index (χ0) is 13.1. The molecule has 1 heterocycles. The lowest BCUT2D eigenvalue weighted by molar-refractivity contribution is -0.146. The molecule has 96 valence electrons. The number of nitrogens with two attached hydrogens (primary N) is 1. The number of nitrogens with zero attached hydrogens (tertiary/aromatic N) is 1. The Bertz CT molecular complexity index is 391. The van der Waals surface area contributed by atoms with Gasteiger partial charge in [-0.05, 0) is 20.3 Å². The number of ether oxygens (including phenoxy) is 1. The first-order valence-corrected chi connectivity index (χ1v) is 7.07. The van der Waals surface area contributed by atoms with Gasteiger partial charge < -0.3 is 10.5 Å². The third-order valence-electron chi connectivity index (χ3n) is 2.26. The second-order valence-corrected chi connectivity index (χ2v) is 6.84. The van der Waals surface area contributed by atoms with Crippen LogP contribution in [0.25, 0.3) is 0 Å². The highest BCUT2D eigenvalue weighted by atomic mass is 32.2. The second-order valence-electron chi connectivity index (χ2n) is 4.30. The maximum Gasteiger partial charge on any atom is 0.325 e. The highest BCUT2D eigenvalue weighted by Gasteiger charge is 2.31. The van der Waals surface area contributed by atoms with Crippen molar-refractivity contribution in [3.63, 3.8) is 0 Å². The van der Waals surface area contributed by atoms with Gasteiger partial charge in [-0.3, -0.25) is 4.79 Å². The third kappa shape index (κ3) is 4.29. The zero-order valence-electron chi connectivity index (χ0n) is 10.5. The minimum atomic E-state index is -0.937. The molecular formula is C11H18N2O2S2. The van der Waals surface area contributed by atoms with E-state index in [-0.39, 0.29) is 11.2 Å². The number of carbonyl (C=O) groups excluding carboxylic acids is 1. The van der Waals surface area contributed by atoms with E-state index >= 15 is 0 Å². The lowest BCUT2D eigenvalue weighted by atomic mass is 9.98. The summed E-state index contributed by atoms with van der Waals surface area (Å²) in [5, 5.41) is 2.23. The van der Waals surface area contributed by atoms with Gasteiger partial charge in [-0.25, -0.2) is 4.98 Å². The smallest absolute Gasteiger partial charge is 0.325 e. The topological polar surface area (TPSA) is 65.2 Å². The summed E-state index contributed by atoms with van der Waals surface area (Å²) >= 11 is 3.25. The van der Waals surface area contributed by atoms with Crippen LogP contribution in [0.2, 0.25) is 0 Å². The summed E-state index contributed by atoms with van der Waals surface area (Å²) in [7, 11) is 1.36. The van der Waals surface area contributed by atoms with Gasteiger partial charge in [0.2, 0.25) is 0 Å². The van der Waals surface area contributed by atoms with Crippen molar-refractivity contribution < 1.29 is 9.53 Å². The van der Waals surface area contributed by atoms with Crippen LogP contribution in [0.1, 0.15) is 26.0 Å². The van der Waals surface area contributed by atoms with Gasteiger partial charge in [0, 0.05) is 16.3 Å². The minimum Gasteiger partial charge on any atom is -0.468 e. The summed E-state index contributed by atoms with van der Waals surface area (Å²) in [6.45, 7) is 5.70. The molecule has 17 heavy (non-hydrogen) atoms. The summed E-state index contributed by atoms with van der Waals surface area (Å²) in [6, 6.07) is 0. The molecule has 1 aromatic heterocycles. The van der Waals surface area contributed by atoms with E-state index in [1.165, 1.54) is 7.11 Å². The number of methoxy groups -OCH3 is 1. The van der Waals surface area contributed by atoms with E-state index in [4.69, 9.17) is 5.73 Å². The Morgan fingerprint density at radius 1 is 1.76 bits per heavy atom. The van der Waals surface area contributed by atoms with Gasteiger partial charge in [0.05, 0.1) is 7.11 Å². The van der Waals surface area contributed by atoms with Crippen molar-refractivity contribution in [1.82, 2.24) is 4.98 Å². The first kappa shape index (κ1) is 14.5. The lowest BCUT2D eigenvalue weighted by Gasteiger charge is -2.24. The predicted octanol–water partition coefficient (Wildman–Crippen LogP) is 2.21. The van der Waals surface area contributed by atoms with Gasteiger partial charge in [-0.2, -0.15) is 0 Å². The molecule has 2 N–H and O–H groups in total. The molecule has 2 atom stereocenters. The molecule has 0 bridgehead atoms. The molecule has 6 heteroatoms. The maximum absolute atomic E-state index is 11.5. The molecule has 1 aromatic rings. The van der Waals surface area contributed by atoms with Crippen molar-refractivity contribution in [2.24, 2.45) is 5.73 Å². The Labute approximate surface area is 110 Å². The van der Waals surface area contributed by atoms with Crippen molar-refractivity contribution in [2.45, 2.75) is 42.3 Å². The lowest BCUT2D eigenvalue weighted by Crippen LogP contribution is -2.47. The number of thioether (sulfide) groups is 1. The van der Waals surface area contributed by atoms with Gasteiger partial charge in [0.1, 0.15) is 9.88 Å². The van der Waals surface area contributed by atoms with Crippen molar-refractivity contribution in [1.29, 1.82) is 0 Å². The first-order valence-electron chi connectivity index (χ1n) is 5.31. The maximum atomic E-state index is 11.5. The number of thiazole rings is 1. The highest BCUT2D eigenvalue weighted by molar-refractivity contribution is 8.01. The van der Waals surface area contributed by atoms with Gasteiger partial charge in [-0.1, -0.05) is 18.7 Å². The Morgan fingerprint density at radius 3 is 2.88 bits per heavy atom. The number of carbonyl (C=O) groups is 1. The normalized spacial score (nSPS) is 16.3. The molecule has 0 fully saturated rings. The van der Waals surface area contributed by atoms with E-state index in [9.17, 15) is 4.79 Å². The Balaban J connectivity index is 2.54.